The summed E-state index contributed by atoms with van der Waals surface area (Å²) < 4.78 is 11.3. The zero-order chi connectivity index (χ0) is 17.8. The van der Waals surface area contributed by atoms with Gasteiger partial charge in [-0.25, -0.2) is 0 Å². The first-order chi connectivity index (χ1) is 12.1. The fourth-order valence-corrected chi connectivity index (χ4v) is 3.56. The summed E-state index contributed by atoms with van der Waals surface area (Å²) in [5.74, 6) is -0.172. The van der Waals surface area contributed by atoms with E-state index in [9.17, 15) is 15.0 Å². The van der Waals surface area contributed by atoms with E-state index in [-0.39, 0.29) is 24.7 Å². The third-order valence-electron chi connectivity index (χ3n) is 4.75. The fourth-order valence-electron chi connectivity index (χ4n) is 3.40. The van der Waals surface area contributed by atoms with Gasteiger partial charge < -0.3 is 24.6 Å². The van der Waals surface area contributed by atoms with E-state index in [1.54, 1.807) is 11.0 Å². The van der Waals surface area contributed by atoms with Crippen LogP contribution in [0.25, 0.3) is 0 Å². The van der Waals surface area contributed by atoms with Crippen molar-refractivity contribution in [1.82, 2.24) is 10.2 Å². The molecule has 1 amide bonds. The highest BCUT2D eigenvalue weighted by atomic mass is 32.1. The molecule has 3 N–H and O–H groups in total. The minimum absolute atomic E-state index is 0.152. The molecular weight excluding hydrogens is 344 g/mol. The number of rotatable bonds is 6. The van der Waals surface area contributed by atoms with Gasteiger partial charge in [-0.2, -0.15) is 12.6 Å². The number of aliphatic hydroxyl groups is 2. The Balaban J connectivity index is 1.75. The van der Waals surface area contributed by atoms with Crippen LogP contribution in [0.2, 0.25) is 0 Å². The number of carbonyl (C=O) groups excluding carboxylic acids is 1. The topological polar surface area (TPSA) is 91.3 Å². The normalized spacial score (nSPS) is 29.7. The number of hydrogen-bond acceptors (Lipinski definition) is 7. The molecule has 0 aromatic heterocycles. The summed E-state index contributed by atoms with van der Waals surface area (Å²) >= 11 is 4.21. The van der Waals surface area contributed by atoms with Crippen LogP contribution in [-0.2, 0) is 14.3 Å². The fraction of sp³-hybridized carbons (Fsp3) is 0.706. The minimum atomic E-state index is -1.06. The van der Waals surface area contributed by atoms with E-state index < -0.39 is 17.5 Å². The summed E-state index contributed by atoms with van der Waals surface area (Å²) in [6.07, 6.45) is 5.91. The summed E-state index contributed by atoms with van der Waals surface area (Å²) in [6, 6.07) is -0.871. The van der Waals surface area contributed by atoms with E-state index in [0.717, 1.165) is 12.8 Å². The van der Waals surface area contributed by atoms with Crippen LogP contribution in [0, 0.1) is 0 Å². The van der Waals surface area contributed by atoms with Crippen LogP contribution in [-0.4, -0.2) is 83.7 Å². The van der Waals surface area contributed by atoms with E-state index in [4.69, 9.17) is 9.47 Å². The Labute approximate surface area is 153 Å². The predicted molar refractivity (Wildman–Crippen MR) is 95.3 cm³/mol. The molecule has 0 bridgehead atoms. The van der Waals surface area contributed by atoms with Crippen molar-refractivity contribution in [3.8, 4) is 0 Å². The molecule has 2 aliphatic heterocycles. The molecule has 8 heteroatoms. The Hall–Kier alpha value is -0.900. The number of aliphatic hydroxyl groups excluding tert-OH is 2. The van der Waals surface area contributed by atoms with Gasteiger partial charge >= 0.3 is 0 Å². The average Bonchev–Trinajstić information content (AvgIpc) is 3.19. The SMILES string of the molecule is O=C([C@@H](N[C@@H](S)CO)[C@H](O)C1=CC2OCCOC2C=C1)N1CCCC1. The van der Waals surface area contributed by atoms with Gasteiger partial charge in [0.25, 0.3) is 0 Å². The lowest BCUT2D eigenvalue weighted by atomic mass is 9.93. The van der Waals surface area contributed by atoms with Crippen LogP contribution >= 0.6 is 12.6 Å². The molecule has 0 aromatic carbocycles. The number of carbonyl (C=O) groups is 1. The van der Waals surface area contributed by atoms with E-state index >= 15 is 0 Å². The number of amides is 1. The lowest BCUT2D eigenvalue weighted by molar-refractivity contribution is -0.134. The first-order valence-corrected chi connectivity index (χ1v) is 9.26. The minimum Gasteiger partial charge on any atom is -0.394 e. The maximum absolute atomic E-state index is 12.8. The van der Waals surface area contributed by atoms with Gasteiger partial charge in [0, 0.05) is 13.1 Å². The molecule has 2 heterocycles. The molecule has 2 saturated heterocycles. The van der Waals surface area contributed by atoms with Crippen molar-refractivity contribution in [2.45, 2.75) is 42.6 Å². The molecule has 0 aromatic rings. The molecule has 3 rings (SSSR count). The summed E-state index contributed by atoms with van der Waals surface area (Å²) in [5.41, 5.74) is 0.607. The van der Waals surface area contributed by atoms with Crippen molar-refractivity contribution in [1.29, 1.82) is 0 Å². The number of ether oxygens (including phenoxy) is 2. The Bertz CT molecular complexity index is 535. The van der Waals surface area contributed by atoms with Crippen molar-refractivity contribution in [2.75, 3.05) is 32.9 Å². The van der Waals surface area contributed by atoms with Gasteiger partial charge in [-0.3, -0.25) is 10.1 Å². The second kappa shape index (κ2) is 8.66. The molecule has 0 saturated carbocycles. The molecule has 1 aliphatic carbocycles. The van der Waals surface area contributed by atoms with Crippen molar-refractivity contribution >= 4 is 18.5 Å². The van der Waals surface area contributed by atoms with Crippen LogP contribution < -0.4 is 5.32 Å². The summed E-state index contributed by atoms with van der Waals surface area (Å²) in [5, 5.41) is 22.5. The van der Waals surface area contributed by atoms with Crippen LogP contribution in [0.1, 0.15) is 12.8 Å². The third kappa shape index (κ3) is 4.45. The van der Waals surface area contributed by atoms with Crippen molar-refractivity contribution < 1.29 is 24.5 Å². The Morgan fingerprint density at radius 2 is 2.00 bits per heavy atom. The van der Waals surface area contributed by atoms with Crippen molar-refractivity contribution in [3.63, 3.8) is 0 Å². The second-order valence-corrected chi connectivity index (χ2v) is 7.14. The molecule has 2 fully saturated rings. The molecule has 7 nitrogen and oxygen atoms in total. The number of nitrogens with zero attached hydrogens (tertiary/aromatic N) is 1. The van der Waals surface area contributed by atoms with Gasteiger partial charge in [-0.1, -0.05) is 12.2 Å². The Morgan fingerprint density at radius 3 is 2.68 bits per heavy atom. The molecule has 0 radical (unpaired) electrons. The lowest BCUT2D eigenvalue weighted by Gasteiger charge is -2.34. The van der Waals surface area contributed by atoms with Crippen LogP contribution in [0.15, 0.2) is 23.8 Å². The molecule has 5 atom stereocenters. The van der Waals surface area contributed by atoms with Gasteiger partial charge in [-0.05, 0) is 24.5 Å². The first-order valence-electron chi connectivity index (χ1n) is 8.75. The van der Waals surface area contributed by atoms with E-state index in [0.29, 0.717) is 31.9 Å². The van der Waals surface area contributed by atoms with Gasteiger partial charge in [0.05, 0.1) is 25.2 Å². The highest BCUT2D eigenvalue weighted by molar-refractivity contribution is 7.80. The maximum Gasteiger partial charge on any atom is 0.242 e. The van der Waals surface area contributed by atoms with Crippen molar-refractivity contribution in [3.05, 3.63) is 23.8 Å². The first kappa shape index (κ1) is 18.9. The lowest BCUT2D eigenvalue weighted by Crippen LogP contribution is -2.55. The van der Waals surface area contributed by atoms with Crippen LogP contribution in [0.5, 0.6) is 0 Å². The van der Waals surface area contributed by atoms with Gasteiger partial charge in [-0.15, -0.1) is 0 Å². The maximum atomic E-state index is 12.8. The molecular formula is C17H26N2O5S. The summed E-state index contributed by atoms with van der Waals surface area (Å²) in [6.45, 7) is 2.20. The van der Waals surface area contributed by atoms with E-state index in [1.807, 2.05) is 12.2 Å². The van der Waals surface area contributed by atoms with E-state index in [1.165, 1.54) is 0 Å². The monoisotopic (exact) mass is 370 g/mol. The number of fused-ring (bicyclic) bond motifs is 1. The molecule has 0 spiro atoms. The highest BCUT2D eigenvalue weighted by Gasteiger charge is 2.36. The largest absolute Gasteiger partial charge is 0.394 e. The quantitative estimate of drug-likeness (QED) is 0.371. The molecule has 140 valence electrons. The highest BCUT2D eigenvalue weighted by Crippen LogP contribution is 2.24. The number of thiol groups is 1. The number of likely N-dealkylation sites (tertiary alicyclic amines) is 1. The summed E-state index contributed by atoms with van der Waals surface area (Å²) in [7, 11) is 0. The Kier molecular flexibility index (Phi) is 6.54. The van der Waals surface area contributed by atoms with Gasteiger partial charge in [0.15, 0.2) is 0 Å². The zero-order valence-corrected chi connectivity index (χ0v) is 15.0. The third-order valence-corrected chi connectivity index (χ3v) is 5.06. The average molecular weight is 370 g/mol. The Morgan fingerprint density at radius 1 is 1.32 bits per heavy atom. The van der Waals surface area contributed by atoms with Gasteiger partial charge in [0.2, 0.25) is 5.91 Å². The second-order valence-electron chi connectivity index (χ2n) is 6.52. The standard InChI is InChI=1S/C17H26N2O5S/c20-10-14(25)18-15(17(22)19-5-1-2-6-19)16(21)11-3-4-12-13(9-11)24-8-7-23-12/h3-4,9,12-16,18,20-21,25H,1-2,5-8,10H2/t12?,13?,14-,15-,16+/m0/s1. The van der Waals surface area contributed by atoms with Crippen LogP contribution in [0.3, 0.4) is 0 Å². The zero-order valence-electron chi connectivity index (χ0n) is 14.1. The predicted octanol–water partition coefficient (Wildman–Crippen LogP) is -0.544. The van der Waals surface area contributed by atoms with E-state index in [2.05, 4.69) is 17.9 Å². The molecule has 25 heavy (non-hydrogen) atoms. The summed E-state index contributed by atoms with van der Waals surface area (Å²) in [4.78, 5) is 14.6. The smallest absolute Gasteiger partial charge is 0.242 e. The van der Waals surface area contributed by atoms with Gasteiger partial charge in [0.1, 0.15) is 24.4 Å². The number of nitrogens with one attached hydrogen (secondary N) is 1. The van der Waals surface area contributed by atoms with Crippen molar-refractivity contribution in [2.24, 2.45) is 0 Å². The molecule has 3 aliphatic rings. The molecule has 2 unspecified atom stereocenters. The van der Waals surface area contributed by atoms with Crippen LogP contribution in [0.4, 0.5) is 0 Å². The number of hydrogen-bond donors (Lipinski definition) is 4.